The highest BCUT2D eigenvalue weighted by Gasteiger charge is 2.25. The summed E-state index contributed by atoms with van der Waals surface area (Å²) in [5, 5.41) is 2.81. The van der Waals surface area contributed by atoms with E-state index in [1.54, 1.807) is 25.4 Å². The van der Waals surface area contributed by atoms with Gasteiger partial charge in [0, 0.05) is 24.8 Å². The van der Waals surface area contributed by atoms with Crippen LogP contribution in [0.5, 0.6) is 0 Å². The molecule has 0 radical (unpaired) electrons. The van der Waals surface area contributed by atoms with E-state index in [9.17, 15) is 8.42 Å². The molecule has 0 saturated carbocycles. The molecule has 0 aliphatic rings. The van der Waals surface area contributed by atoms with Gasteiger partial charge in [-0.15, -0.1) is 0 Å². The number of anilines is 2. The van der Waals surface area contributed by atoms with Crippen molar-refractivity contribution in [1.29, 1.82) is 0 Å². The van der Waals surface area contributed by atoms with Gasteiger partial charge in [-0.05, 0) is 46.6 Å². The van der Waals surface area contributed by atoms with Crippen LogP contribution >= 0.6 is 15.9 Å². The van der Waals surface area contributed by atoms with E-state index in [2.05, 4.69) is 26.2 Å². The summed E-state index contributed by atoms with van der Waals surface area (Å²) >= 11 is 3.26. The summed E-state index contributed by atoms with van der Waals surface area (Å²) in [5.41, 5.74) is 1.60. The lowest BCUT2D eigenvalue weighted by atomic mass is 10.2. The zero-order valence-corrected chi connectivity index (χ0v) is 14.4. The second-order valence-corrected chi connectivity index (χ2v) is 7.42. The first-order chi connectivity index (χ1) is 9.86. The summed E-state index contributed by atoms with van der Waals surface area (Å²) in [6, 6.07) is 8.87. The number of hydrogen-bond acceptors (Lipinski definition) is 4. The highest BCUT2D eigenvalue weighted by molar-refractivity contribution is 9.10. The van der Waals surface area contributed by atoms with Crippen molar-refractivity contribution in [2.45, 2.75) is 11.8 Å². The first-order valence-electron chi connectivity index (χ1n) is 6.25. The second kappa shape index (κ2) is 6.03. The van der Waals surface area contributed by atoms with E-state index in [4.69, 9.17) is 0 Å². The third-order valence-corrected chi connectivity index (χ3v) is 5.29. The van der Waals surface area contributed by atoms with Gasteiger partial charge < -0.3 is 5.32 Å². The van der Waals surface area contributed by atoms with Crippen LogP contribution in [-0.2, 0) is 10.0 Å². The topological polar surface area (TPSA) is 62.3 Å². The number of benzene rings is 1. The second-order valence-electron chi connectivity index (χ2n) is 4.56. The fraction of sp³-hybridized carbons (Fsp3) is 0.214. The monoisotopic (exact) mass is 369 g/mol. The third kappa shape index (κ3) is 3.19. The molecule has 0 atom stereocenters. The van der Waals surface area contributed by atoms with Crippen molar-refractivity contribution in [1.82, 2.24) is 4.98 Å². The minimum absolute atomic E-state index is 0.128. The number of pyridine rings is 1. The van der Waals surface area contributed by atoms with Crippen molar-refractivity contribution < 1.29 is 8.42 Å². The first-order valence-corrected chi connectivity index (χ1v) is 8.48. The number of sulfonamides is 1. The number of halogens is 1. The van der Waals surface area contributed by atoms with Crippen molar-refractivity contribution in [2.75, 3.05) is 23.7 Å². The van der Waals surface area contributed by atoms with Gasteiger partial charge >= 0.3 is 0 Å². The van der Waals surface area contributed by atoms with Gasteiger partial charge in [0.05, 0.1) is 5.69 Å². The molecule has 0 fully saturated rings. The summed E-state index contributed by atoms with van der Waals surface area (Å²) in [6.07, 6.45) is 1.55. The molecular formula is C14H16BrN3O2S. The average molecular weight is 370 g/mol. The molecule has 1 N–H and O–H groups in total. The molecule has 0 saturated heterocycles. The SMILES string of the molecule is CNc1ncc(Br)cc1S(=O)(=O)N(C)c1cccc(C)c1. The molecule has 1 aromatic carbocycles. The Bertz CT molecular complexity index is 763. The van der Waals surface area contributed by atoms with Gasteiger partial charge in [0.25, 0.3) is 10.0 Å². The maximum atomic E-state index is 12.8. The Morgan fingerprint density at radius 2 is 2.00 bits per heavy atom. The van der Waals surface area contributed by atoms with Gasteiger partial charge in [-0.2, -0.15) is 0 Å². The van der Waals surface area contributed by atoms with E-state index in [-0.39, 0.29) is 4.90 Å². The molecule has 2 rings (SSSR count). The summed E-state index contributed by atoms with van der Waals surface area (Å²) in [4.78, 5) is 4.22. The third-order valence-electron chi connectivity index (χ3n) is 3.06. The van der Waals surface area contributed by atoms with Crippen LogP contribution in [0, 0.1) is 6.92 Å². The van der Waals surface area contributed by atoms with Crippen LogP contribution in [0.3, 0.4) is 0 Å². The lowest BCUT2D eigenvalue weighted by molar-refractivity contribution is 0.594. The highest BCUT2D eigenvalue weighted by Crippen LogP contribution is 2.28. The largest absolute Gasteiger partial charge is 0.372 e. The quantitative estimate of drug-likeness (QED) is 0.899. The van der Waals surface area contributed by atoms with E-state index in [0.717, 1.165) is 5.56 Å². The van der Waals surface area contributed by atoms with Crippen LogP contribution in [-0.4, -0.2) is 27.5 Å². The summed E-state index contributed by atoms with van der Waals surface area (Å²) in [5.74, 6) is 0.317. The fourth-order valence-electron chi connectivity index (χ4n) is 1.92. The van der Waals surface area contributed by atoms with Gasteiger partial charge in [-0.1, -0.05) is 12.1 Å². The molecule has 5 nitrogen and oxygen atoms in total. The summed E-state index contributed by atoms with van der Waals surface area (Å²) in [7, 11) is -0.523. The summed E-state index contributed by atoms with van der Waals surface area (Å²) in [6.45, 7) is 1.92. The van der Waals surface area contributed by atoms with Crippen LogP contribution in [0.2, 0.25) is 0 Å². The molecule has 21 heavy (non-hydrogen) atoms. The molecule has 2 aromatic rings. The smallest absolute Gasteiger partial charge is 0.267 e. The van der Waals surface area contributed by atoms with Crippen molar-refractivity contribution in [3.63, 3.8) is 0 Å². The average Bonchev–Trinajstić information content (AvgIpc) is 2.46. The van der Waals surface area contributed by atoms with Gasteiger partial charge in [0.1, 0.15) is 10.7 Å². The molecule has 1 heterocycles. The fourth-order valence-corrected chi connectivity index (χ4v) is 3.76. The highest BCUT2D eigenvalue weighted by atomic mass is 79.9. The van der Waals surface area contributed by atoms with E-state index in [1.807, 2.05) is 25.1 Å². The molecular weight excluding hydrogens is 354 g/mol. The minimum atomic E-state index is -3.70. The molecule has 0 aliphatic heterocycles. The van der Waals surface area contributed by atoms with Crippen molar-refractivity contribution >= 4 is 37.5 Å². The standard InChI is InChI=1S/C14H16BrN3O2S/c1-10-5-4-6-12(7-10)18(3)21(19,20)13-8-11(15)9-17-14(13)16-2/h4-9H,1-3H3,(H,16,17). The van der Waals surface area contributed by atoms with Crippen LogP contribution in [0.4, 0.5) is 11.5 Å². The van der Waals surface area contributed by atoms with E-state index in [1.165, 1.54) is 11.4 Å². The Balaban J connectivity index is 2.54. The van der Waals surface area contributed by atoms with Crippen LogP contribution in [0.15, 0.2) is 45.9 Å². The first kappa shape index (κ1) is 15.8. The zero-order valence-electron chi connectivity index (χ0n) is 12.0. The van der Waals surface area contributed by atoms with Gasteiger partial charge in [-0.3, -0.25) is 4.31 Å². The molecule has 0 amide bonds. The van der Waals surface area contributed by atoms with Gasteiger partial charge in [0.15, 0.2) is 0 Å². The van der Waals surface area contributed by atoms with E-state index in [0.29, 0.717) is 16.0 Å². The maximum Gasteiger partial charge on any atom is 0.267 e. The van der Waals surface area contributed by atoms with Crippen LogP contribution in [0.1, 0.15) is 5.56 Å². The number of aromatic nitrogens is 1. The summed E-state index contributed by atoms with van der Waals surface area (Å²) < 4.78 is 27.5. The number of rotatable bonds is 4. The number of nitrogens with zero attached hydrogens (tertiary/aromatic N) is 2. The number of nitrogens with one attached hydrogen (secondary N) is 1. The Labute approximate surface area is 133 Å². The minimum Gasteiger partial charge on any atom is -0.372 e. The lowest BCUT2D eigenvalue weighted by Crippen LogP contribution is -2.27. The Morgan fingerprint density at radius 1 is 1.29 bits per heavy atom. The molecule has 112 valence electrons. The van der Waals surface area contributed by atoms with Gasteiger partial charge in [-0.25, -0.2) is 13.4 Å². The van der Waals surface area contributed by atoms with E-state index >= 15 is 0 Å². The molecule has 0 bridgehead atoms. The predicted molar refractivity (Wildman–Crippen MR) is 88.3 cm³/mol. The van der Waals surface area contributed by atoms with Crippen LogP contribution < -0.4 is 9.62 Å². The molecule has 0 aliphatic carbocycles. The molecule has 0 unspecified atom stereocenters. The molecule has 0 spiro atoms. The van der Waals surface area contributed by atoms with Gasteiger partial charge in [0.2, 0.25) is 0 Å². The number of aryl methyl sites for hydroxylation is 1. The van der Waals surface area contributed by atoms with Crippen molar-refractivity contribution in [3.8, 4) is 0 Å². The normalized spacial score (nSPS) is 11.2. The maximum absolute atomic E-state index is 12.8. The van der Waals surface area contributed by atoms with Crippen molar-refractivity contribution in [3.05, 3.63) is 46.6 Å². The van der Waals surface area contributed by atoms with E-state index < -0.39 is 10.0 Å². The van der Waals surface area contributed by atoms with Crippen molar-refractivity contribution in [2.24, 2.45) is 0 Å². The lowest BCUT2D eigenvalue weighted by Gasteiger charge is -2.21. The molecule has 1 aromatic heterocycles. The predicted octanol–water partition coefficient (Wildman–Crippen LogP) is 3.02. The zero-order chi connectivity index (χ0) is 15.6. The Morgan fingerprint density at radius 3 is 2.62 bits per heavy atom. The van der Waals surface area contributed by atoms with Crippen LogP contribution in [0.25, 0.3) is 0 Å². The Hall–Kier alpha value is -1.60. The Kier molecular flexibility index (Phi) is 4.53. The number of hydrogen-bond donors (Lipinski definition) is 1. The molecule has 7 heteroatoms.